The van der Waals surface area contributed by atoms with Crippen molar-refractivity contribution in [3.63, 3.8) is 0 Å². The molecule has 0 radical (unpaired) electrons. The van der Waals surface area contributed by atoms with Crippen LogP contribution in [0.15, 0.2) is 59.1 Å². The van der Waals surface area contributed by atoms with Crippen LogP contribution in [0, 0.1) is 11.8 Å². The number of carbonyl (C=O) groups is 3. The largest absolute Gasteiger partial charge is 0.511 e. The number of hydrogen-bond donors (Lipinski definition) is 5. The van der Waals surface area contributed by atoms with Gasteiger partial charge in [-0.2, -0.15) is 0 Å². The van der Waals surface area contributed by atoms with Crippen molar-refractivity contribution in [1.82, 2.24) is 0 Å². The number of Topliss-reactive ketones (excluding diaryl/α,β-unsaturated/α-hetero) is 2. The van der Waals surface area contributed by atoms with Gasteiger partial charge in [0, 0.05) is 17.9 Å². The molecule has 0 saturated carbocycles. The Hall–Kier alpha value is -4.11. The van der Waals surface area contributed by atoms with Gasteiger partial charge in [0.2, 0.25) is 5.78 Å². The average molecular weight is 506 g/mol. The van der Waals surface area contributed by atoms with Crippen LogP contribution in [0.4, 0.5) is 0 Å². The van der Waals surface area contributed by atoms with Crippen LogP contribution < -0.4 is 10.5 Å². The highest BCUT2D eigenvalue weighted by molar-refractivity contribution is 6.24. The van der Waals surface area contributed by atoms with Gasteiger partial charge in [-0.15, -0.1) is 0 Å². The number of phenols is 1. The summed E-state index contributed by atoms with van der Waals surface area (Å²) >= 11 is 0. The van der Waals surface area contributed by atoms with Gasteiger partial charge in [-0.1, -0.05) is 18.2 Å². The monoisotopic (exact) mass is 505 g/mol. The number of carbonyl (C=O) groups excluding carboxylic acids is 3. The molecule has 6 N–H and O–H groups in total. The van der Waals surface area contributed by atoms with Crippen molar-refractivity contribution >= 4 is 17.5 Å². The minimum absolute atomic E-state index is 0.0276. The van der Waals surface area contributed by atoms with E-state index in [-0.39, 0.29) is 36.1 Å². The van der Waals surface area contributed by atoms with Gasteiger partial charge in [0.25, 0.3) is 5.91 Å². The van der Waals surface area contributed by atoms with Gasteiger partial charge in [-0.3, -0.25) is 14.4 Å². The topological polar surface area (TPSA) is 167 Å². The van der Waals surface area contributed by atoms with E-state index < -0.39 is 52.0 Å². The van der Waals surface area contributed by atoms with E-state index in [0.717, 1.165) is 16.9 Å². The van der Waals surface area contributed by atoms with Crippen LogP contribution in [0.25, 0.3) is 0 Å². The Bertz CT molecular complexity index is 1420. The summed E-state index contributed by atoms with van der Waals surface area (Å²) < 4.78 is 5.29. The lowest BCUT2D eigenvalue weighted by atomic mass is 9.60. The zero-order chi connectivity index (χ0) is 26.6. The van der Waals surface area contributed by atoms with Crippen molar-refractivity contribution in [1.29, 1.82) is 0 Å². The molecule has 1 amide bonds. The second-order valence-corrected chi connectivity index (χ2v) is 9.86. The number of amides is 1. The second kappa shape index (κ2) is 8.77. The quantitative estimate of drug-likeness (QED) is 0.386. The first-order valence-electron chi connectivity index (χ1n) is 12.0. The summed E-state index contributed by atoms with van der Waals surface area (Å²) in [5.41, 5.74) is 4.30. The number of allylic oxidation sites excluding steroid dienone is 2. The van der Waals surface area contributed by atoms with Crippen molar-refractivity contribution in [2.75, 3.05) is 7.11 Å². The van der Waals surface area contributed by atoms with Crippen molar-refractivity contribution in [2.45, 2.75) is 37.7 Å². The molecule has 9 nitrogen and oxygen atoms in total. The number of ether oxygens (including phenoxy) is 1. The van der Waals surface area contributed by atoms with Gasteiger partial charge in [0.1, 0.15) is 28.6 Å². The highest BCUT2D eigenvalue weighted by Crippen LogP contribution is 2.51. The third-order valence-corrected chi connectivity index (χ3v) is 7.86. The highest BCUT2D eigenvalue weighted by atomic mass is 16.5. The van der Waals surface area contributed by atoms with Crippen molar-refractivity contribution < 1.29 is 39.5 Å². The molecule has 0 heterocycles. The van der Waals surface area contributed by atoms with Crippen LogP contribution in [0.2, 0.25) is 0 Å². The summed E-state index contributed by atoms with van der Waals surface area (Å²) in [5.74, 6) is -5.56. The SMILES string of the molecule is COc1cccc(CCc2ccc(O)c3c2CC2CC4CC(O)=C(C(N)=O)C(=O)[C@@]4(O)C(O)=C2C3=O)c1. The highest BCUT2D eigenvalue weighted by Gasteiger charge is 2.59. The van der Waals surface area contributed by atoms with Crippen LogP contribution in [-0.2, 0) is 28.9 Å². The fourth-order valence-corrected chi connectivity index (χ4v) is 6.02. The normalized spacial score (nSPS) is 24.9. The second-order valence-electron chi connectivity index (χ2n) is 9.86. The smallest absolute Gasteiger partial charge is 0.255 e. The maximum absolute atomic E-state index is 13.6. The van der Waals surface area contributed by atoms with E-state index >= 15 is 0 Å². The molecule has 5 rings (SSSR count). The molecule has 2 aromatic carbocycles. The lowest BCUT2D eigenvalue weighted by Crippen LogP contribution is -2.57. The van der Waals surface area contributed by atoms with Gasteiger partial charge in [-0.05, 0) is 66.5 Å². The first-order chi connectivity index (χ1) is 17.6. The molecule has 0 saturated heterocycles. The number of primary amides is 1. The van der Waals surface area contributed by atoms with Gasteiger partial charge in [0.15, 0.2) is 11.4 Å². The van der Waals surface area contributed by atoms with Crippen molar-refractivity contribution in [2.24, 2.45) is 17.6 Å². The zero-order valence-electron chi connectivity index (χ0n) is 20.2. The molecule has 3 aliphatic rings. The predicted molar refractivity (Wildman–Crippen MR) is 131 cm³/mol. The Balaban J connectivity index is 1.54. The van der Waals surface area contributed by atoms with E-state index in [1.807, 2.05) is 24.3 Å². The van der Waals surface area contributed by atoms with E-state index in [9.17, 15) is 34.8 Å². The summed E-state index contributed by atoms with van der Waals surface area (Å²) in [6.07, 6.45) is 1.38. The van der Waals surface area contributed by atoms with Gasteiger partial charge in [-0.25, -0.2) is 0 Å². The van der Waals surface area contributed by atoms with Crippen LogP contribution >= 0.6 is 0 Å². The number of aromatic hydroxyl groups is 1. The molecule has 3 atom stereocenters. The zero-order valence-corrected chi connectivity index (χ0v) is 20.2. The Morgan fingerprint density at radius 3 is 2.57 bits per heavy atom. The predicted octanol–water partition coefficient (Wildman–Crippen LogP) is 2.37. The summed E-state index contributed by atoms with van der Waals surface area (Å²) in [7, 11) is 1.59. The van der Waals surface area contributed by atoms with Crippen LogP contribution in [0.1, 0.15) is 39.9 Å². The third kappa shape index (κ3) is 3.69. The standard InChI is InChI=1S/C28H27NO8/c1-37-17-4-2-3-13(9-17)5-6-14-7-8-19(30)22-18(14)11-15-10-16-12-20(31)23(27(29)35)26(34)28(16,36)25(33)21(15)24(22)32/h2-4,7-9,15-16,30-31,33,36H,5-6,10-12H2,1H3,(H2,29,35)/t15?,16?,28-/m0/s1. The van der Waals surface area contributed by atoms with Crippen LogP contribution in [0.3, 0.4) is 0 Å². The Kier molecular flexibility index (Phi) is 5.83. The molecule has 0 spiro atoms. The molecule has 37 heavy (non-hydrogen) atoms. The Labute approximate surface area is 212 Å². The fraction of sp³-hybridized carbons (Fsp3) is 0.321. The molecule has 3 aliphatic carbocycles. The number of aliphatic hydroxyl groups is 3. The average Bonchev–Trinajstić information content (AvgIpc) is 2.85. The Morgan fingerprint density at radius 2 is 1.86 bits per heavy atom. The lowest BCUT2D eigenvalue weighted by molar-refractivity contribution is -0.144. The molecule has 0 bridgehead atoms. The van der Waals surface area contributed by atoms with Crippen LogP contribution in [0.5, 0.6) is 11.5 Å². The third-order valence-electron chi connectivity index (χ3n) is 7.86. The lowest BCUT2D eigenvalue weighted by Gasteiger charge is -2.45. The Morgan fingerprint density at radius 1 is 1.11 bits per heavy atom. The maximum Gasteiger partial charge on any atom is 0.255 e. The molecular weight excluding hydrogens is 478 g/mol. The van der Waals surface area contributed by atoms with Crippen molar-refractivity contribution in [3.8, 4) is 11.5 Å². The summed E-state index contributed by atoms with van der Waals surface area (Å²) in [6.45, 7) is 0. The molecule has 9 heteroatoms. The van der Waals surface area contributed by atoms with Gasteiger partial charge >= 0.3 is 0 Å². The fourth-order valence-electron chi connectivity index (χ4n) is 6.02. The number of aliphatic hydroxyl groups excluding tert-OH is 2. The summed E-state index contributed by atoms with van der Waals surface area (Å²) in [4.78, 5) is 38.4. The first kappa shape index (κ1) is 24.6. The minimum Gasteiger partial charge on any atom is -0.511 e. The number of methoxy groups -OCH3 is 1. The minimum atomic E-state index is -2.56. The number of nitrogens with two attached hydrogens (primary N) is 1. The maximum atomic E-state index is 13.6. The van der Waals surface area contributed by atoms with E-state index in [4.69, 9.17) is 10.5 Å². The molecule has 0 aliphatic heterocycles. The van der Waals surface area contributed by atoms with Crippen molar-refractivity contribution in [3.05, 3.63) is 81.3 Å². The van der Waals surface area contributed by atoms with E-state index in [2.05, 4.69) is 0 Å². The number of benzene rings is 2. The number of phenolic OH excluding ortho intramolecular Hbond substituents is 1. The summed E-state index contributed by atoms with van der Waals surface area (Å²) in [6, 6.07) is 10.8. The van der Waals surface area contributed by atoms with Crippen LogP contribution in [-0.4, -0.2) is 50.6 Å². The van der Waals surface area contributed by atoms with E-state index in [0.29, 0.717) is 18.4 Å². The summed E-state index contributed by atoms with van der Waals surface area (Å²) in [5, 5.41) is 43.3. The first-order valence-corrected chi connectivity index (χ1v) is 12.0. The van der Waals surface area contributed by atoms with Gasteiger partial charge < -0.3 is 30.9 Å². The molecule has 192 valence electrons. The van der Waals surface area contributed by atoms with Gasteiger partial charge in [0.05, 0.1) is 12.7 Å². The number of fused-ring (bicyclic) bond motifs is 3. The number of rotatable bonds is 5. The molecule has 0 aromatic heterocycles. The molecule has 0 fully saturated rings. The van der Waals surface area contributed by atoms with E-state index in [1.54, 1.807) is 13.2 Å². The van der Waals surface area contributed by atoms with E-state index in [1.165, 1.54) is 6.07 Å². The number of aryl methyl sites for hydroxylation is 2. The number of hydrogen-bond acceptors (Lipinski definition) is 8. The molecule has 2 unspecified atom stereocenters. The molecule has 2 aromatic rings. The number of ketones is 2. The molecular formula is C28H27NO8.